The highest BCUT2D eigenvalue weighted by Crippen LogP contribution is 2.39. The lowest BCUT2D eigenvalue weighted by atomic mass is 9.68. The van der Waals surface area contributed by atoms with E-state index in [9.17, 15) is 4.79 Å². The van der Waals surface area contributed by atoms with Crippen molar-refractivity contribution >= 4 is 5.91 Å². The molecule has 1 aliphatic carbocycles. The van der Waals surface area contributed by atoms with Crippen LogP contribution >= 0.6 is 0 Å². The Bertz CT molecular complexity index is 374. The lowest BCUT2D eigenvalue weighted by Gasteiger charge is -2.42. The van der Waals surface area contributed by atoms with Crippen molar-refractivity contribution in [1.29, 1.82) is 0 Å². The second kappa shape index (κ2) is 5.27. The third-order valence-electron chi connectivity index (χ3n) is 3.53. The van der Waals surface area contributed by atoms with Crippen LogP contribution < -0.4 is 10.6 Å². The predicted molar refractivity (Wildman–Crippen MR) is 66.8 cm³/mol. The fourth-order valence-electron chi connectivity index (χ4n) is 2.34. The molecule has 17 heavy (non-hydrogen) atoms. The van der Waals surface area contributed by atoms with Crippen LogP contribution in [0.2, 0.25) is 0 Å². The highest BCUT2D eigenvalue weighted by atomic mass is 16.1. The number of carbonyl (C=O) groups excluding carboxylic acids is 1. The zero-order chi connectivity index (χ0) is 12.1. The van der Waals surface area contributed by atoms with Gasteiger partial charge in [0.2, 0.25) is 0 Å². The minimum atomic E-state index is -0.00484. The topological polar surface area (TPSA) is 54.0 Å². The number of nitrogens with zero attached hydrogens (tertiary/aromatic N) is 1. The SMILES string of the molecule is CNCC1(CNC(=O)c2ccncc2)CCC1. The summed E-state index contributed by atoms with van der Waals surface area (Å²) in [6, 6.07) is 3.47. The number of pyridine rings is 1. The molecule has 0 aliphatic heterocycles. The van der Waals surface area contributed by atoms with Crippen LogP contribution in [0.3, 0.4) is 0 Å². The van der Waals surface area contributed by atoms with E-state index in [1.165, 1.54) is 19.3 Å². The van der Waals surface area contributed by atoms with E-state index < -0.39 is 0 Å². The van der Waals surface area contributed by atoms with Crippen LogP contribution in [0.15, 0.2) is 24.5 Å². The van der Waals surface area contributed by atoms with Crippen molar-refractivity contribution in [2.24, 2.45) is 5.41 Å². The van der Waals surface area contributed by atoms with Gasteiger partial charge in [-0.15, -0.1) is 0 Å². The first-order chi connectivity index (χ1) is 8.26. The smallest absolute Gasteiger partial charge is 0.251 e. The van der Waals surface area contributed by atoms with Crippen LogP contribution in [0.5, 0.6) is 0 Å². The molecule has 2 rings (SSSR count). The average molecular weight is 233 g/mol. The van der Waals surface area contributed by atoms with Gasteiger partial charge in [0.25, 0.3) is 5.91 Å². The van der Waals surface area contributed by atoms with Gasteiger partial charge in [0.15, 0.2) is 0 Å². The van der Waals surface area contributed by atoms with Crippen molar-refractivity contribution in [3.63, 3.8) is 0 Å². The second-order valence-electron chi connectivity index (χ2n) is 4.80. The van der Waals surface area contributed by atoms with Gasteiger partial charge in [-0.1, -0.05) is 6.42 Å². The molecule has 1 aliphatic rings. The summed E-state index contributed by atoms with van der Waals surface area (Å²) in [7, 11) is 1.96. The molecule has 4 heteroatoms. The third kappa shape index (κ3) is 2.82. The van der Waals surface area contributed by atoms with Gasteiger partial charge in [-0.2, -0.15) is 0 Å². The quantitative estimate of drug-likeness (QED) is 0.803. The number of amides is 1. The molecular formula is C13H19N3O. The lowest BCUT2D eigenvalue weighted by Crippen LogP contribution is -2.47. The van der Waals surface area contributed by atoms with Crippen molar-refractivity contribution in [2.45, 2.75) is 19.3 Å². The summed E-state index contributed by atoms with van der Waals surface area (Å²) in [6.45, 7) is 1.73. The normalized spacial score (nSPS) is 17.2. The number of aromatic nitrogens is 1. The molecule has 0 aromatic carbocycles. The summed E-state index contributed by atoms with van der Waals surface area (Å²) in [4.78, 5) is 15.8. The van der Waals surface area contributed by atoms with E-state index in [1.54, 1.807) is 24.5 Å². The van der Waals surface area contributed by atoms with E-state index in [2.05, 4.69) is 15.6 Å². The third-order valence-corrected chi connectivity index (χ3v) is 3.53. The molecule has 1 aromatic heterocycles. The van der Waals surface area contributed by atoms with Crippen LogP contribution in [0, 0.1) is 5.41 Å². The Labute approximate surface area is 102 Å². The van der Waals surface area contributed by atoms with E-state index in [1.807, 2.05) is 7.05 Å². The zero-order valence-electron chi connectivity index (χ0n) is 10.2. The van der Waals surface area contributed by atoms with Gasteiger partial charge in [-0.3, -0.25) is 9.78 Å². The Kier molecular flexibility index (Phi) is 3.74. The number of rotatable bonds is 5. The maximum atomic E-state index is 11.9. The Balaban J connectivity index is 1.88. The molecule has 2 N–H and O–H groups in total. The molecule has 0 bridgehead atoms. The molecule has 0 atom stereocenters. The number of carbonyl (C=O) groups is 1. The molecule has 1 amide bonds. The van der Waals surface area contributed by atoms with Crippen molar-refractivity contribution in [2.75, 3.05) is 20.1 Å². The van der Waals surface area contributed by atoms with Crippen molar-refractivity contribution in [3.05, 3.63) is 30.1 Å². The molecular weight excluding hydrogens is 214 g/mol. The highest BCUT2D eigenvalue weighted by molar-refractivity contribution is 5.93. The van der Waals surface area contributed by atoms with E-state index in [-0.39, 0.29) is 11.3 Å². The maximum absolute atomic E-state index is 11.9. The molecule has 0 saturated heterocycles. The molecule has 1 aromatic rings. The van der Waals surface area contributed by atoms with Crippen molar-refractivity contribution in [3.8, 4) is 0 Å². The largest absolute Gasteiger partial charge is 0.351 e. The van der Waals surface area contributed by atoms with Gasteiger partial charge in [0, 0.05) is 36.5 Å². The first kappa shape index (κ1) is 12.0. The monoisotopic (exact) mass is 233 g/mol. The number of nitrogens with one attached hydrogen (secondary N) is 2. The molecule has 1 saturated carbocycles. The van der Waals surface area contributed by atoms with Crippen LogP contribution in [0.25, 0.3) is 0 Å². The number of hydrogen-bond donors (Lipinski definition) is 2. The van der Waals surface area contributed by atoms with Gasteiger partial charge in [0.05, 0.1) is 0 Å². The van der Waals surface area contributed by atoms with E-state index in [0.29, 0.717) is 5.56 Å². The minimum Gasteiger partial charge on any atom is -0.351 e. The van der Waals surface area contributed by atoms with Gasteiger partial charge in [-0.25, -0.2) is 0 Å². The van der Waals surface area contributed by atoms with E-state index in [4.69, 9.17) is 0 Å². The van der Waals surface area contributed by atoms with Crippen LogP contribution in [-0.2, 0) is 0 Å². The summed E-state index contributed by atoms with van der Waals surface area (Å²) in [5.41, 5.74) is 0.955. The van der Waals surface area contributed by atoms with Gasteiger partial charge in [0.1, 0.15) is 0 Å². The molecule has 4 nitrogen and oxygen atoms in total. The Morgan fingerprint density at radius 1 is 1.35 bits per heavy atom. The van der Waals surface area contributed by atoms with E-state index >= 15 is 0 Å². The molecule has 0 unspecified atom stereocenters. The van der Waals surface area contributed by atoms with Gasteiger partial charge >= 0.3 is 0 Å². The molecule has 1 heterocycles. The maximum Gasteiger partial charge on any atom is 0.251 e. The summed E-state index contributed by atoms with van der Waals surface area (Å²) < 4.78 is 0. The Morgan fingerprint density at radius 2 is 2.06 bits per heavy atom. The summed E-state index contributed by atoms with van der Waals surface area (Å²) in [5, 5.41) is 6.23. The molecule has 1 fully saturated rings. The van der Waals surface area contributed by atoms with E-state index in [0.717, 1.165) is 13.1 Å². The molecule has 0 radical (unpaired) electrons. The number of hydrogen-bond acceptors (Lipinski definition) is 3. The highest BCUT2D eigenvalue weighted by Gasteiger charge is 2.36. The first-order valence-corrected chi connectivity index (χ1v) is 6.09. The second-order valence-corrected chi connectivity index (χ2v) is 4.80. The van der Waals surface area contributed by atoms with Gasteiger partial charge in [-0.05, 0) is 32.0 Å². The molecule has 0 spiro atoms. The first-order valence-electron chi connectivity index (χ1n) is 6.09. The fourth-order valence-corrected chi connectivity index (χ4v) is 2.34. The fraction of sp³-hybridized carbons (Fsp3) is 0.538. The van der Waals surface area contributed by atoms with Crippen LogP contribution in [0.1, 0.15) is 29.6 Å². The standard InChI is InChI=1S/C13H19N3O/c1-14-9-13(5-2-6-13)10-16-12(17)11-3-7-15-8-4-11/h3-4,7-8,14H,2,5-6,9-10H2,1H3,(H,16,17). The Hall–Kier alpha value is -1.42. The van der Waals surface area contributed by atoms with Crippen LogP contribution in [0.4, 0.5) is 0 Å². The molecule has 92 valence electrons. The van der Waals surface area contributed by atoms with Crippen molar-refractivity contribution in [1.82, 2.24) is 15.6 Å². The van der Waals surface area contributed by atoms with Crippen LogP contribution in [-0.4, -0.2) is 31.0 Å². The average Bonchev–Trinajstić information content (AvgIpc) is 2.33. The lowest BCUT2D eigenvalue weighted by molar-refractivity contribution is 0.0862. The van der Waals surface area contributed by atoms with Crippen molar-refractivity contribution < 1.29 is 4.79 Å². The predicted octanol–water partition coefficient (Wildman–Crippen LogP) is 1.20. The Morgan fingerprint density at radius 3 is 2.59 bits per heavy atom. The minimum absolute atomic E-state index is 0.00484. The summed E-state index contributed by atoms with van der Waals surface area (Å²) in [6.07, 6.45) is 6.95. The zero-order valence-corrected chi connectivity index (χ0v) is 10.2. The summed E-state index contributed by atoms with van der Waals surface area (Å²) in [5.74, 6) is -0.00484. The summed E-state index contributed by atoms with van der Waals surface area (Å²) >= 11 is 0. The van der Waals surface area contributed by atoms with Gasteiger partial charge < -0.3 is 10.6 Å².